The van der Waals surface area contributed by atoms with Gasteiger partial charge in [0, 0.05) is 30.7 Å². The van der Waals surface area contributed by atoms with Crippen LogP contribution in [0, 0.1) is 17.5 Å². The van der Waals surface area contributed by atoms with Gasteiger partial charge in [-0.15, -0.1) is 0 Å². The summed E-state index contributed by atoms with van der Waals surface area (Å²) in [4.78, 5) is 20.2. The predicted octanol–water partition coefficient (Wildman–Crippen LogP) is 5.56. The maximum atomic E-state index is 14.6. The smallest absolute Gasteiger partial charge is 0.247 e. The fourth-order valence-electron chi connectivity index (χ4n) is 3.09. The second-order valence-electron chi connectivity index (χ2n) is 7.25. The highest BCUT2D eigenvalue weighted by Crippen LogP contribution is 2.34. The molecular weight excluding hydrogens is 483 g/mol. The van der Waals surface area contributed by atoms with E-state index in [1.54, 1.807) is 24.1 Å². The van der Waals surface area contributed by atoms with Gasteiger partial charge in [-0.2, -0.15) is 10.1 Å². The molecule has 0 spiro atoms. The molecular formula is C23H17ClF3N7O. The number of aromatic nitrogens is 4. The molecule has 2 aromatic carbocycles. The molecule has 0 aliphatic carbocycles. The summed E-state index contributed by atoms with van der Waals surface area (Å²) in [7, 11) is 1.73. The second-order valence-corrected chi connectivity index (χ2v) is 7.63. The zero-order valence-electron chi connectivity index (χ0n) is 18.1. The number of carbonyl (C=O) groups excluding carboxylic acids is 1. The topological polar surface area (TPSA) is 96.8 Å². The highest BCUT2D eigenvalue weighted by Gasteiger charge is 2.17. The van der Waals surface area contributed by atoms with E-state index in [1.807, 2.05) is 0 Å². The number of amides is 1. The minimum absolute atomic E-state index is 0.0265. The summed E-state index contributed by atoms with van der Waals surface area (Å²) in [6, 6.07) is 5.86. The number of hydrogen-bond donors (Lipinski definition) is 3. The van der Waals surface area contributed by atoms with Crippen molar-refractivity contribution < 1.29 is 18.0 Å². The number of aryl methyl sites for hydroxylation is 1. The maximum Gasteiger partial charge on any atom is 0.247 e. The van der Waals surface area contributed by atoms with Crippen molar-refractivity contribution in [1.29, 1.82) is 0 Å². The third kappa shape index (κ3) is 5.41. The van der Waals surface area contributed by atoms with Crippen LogP contribution in [0.1, 0.15) is 0 Å². The number of carbonyl (C=O) groups is 1. The van der Waals surface area contributed by atoms with E-state index in [0.717, 1.165) is 24.3 Å². The van der Waals surface area contributed by atoms with Gasteiger partial charge >= 0.3 is 0 Å². The van der Waals surface area contributed by atoms with E-state index in [2.05, 4.69) is 37.6 Å². The molecule has 2 heterocycles. The van der Waals surface area contributed by atoms with Crippen molar-refractivity contribution in [2.24, 2.45) is 7.05 Å². The highest BCUT2D eigenvalue weighted by atomic mass is 35.5. The molecule has 178 valence electrons. The molecule has 3 N–H and O–H groups in total. The number of nitrogens with zero attached hydrogens (tertiary/aromatic N) is 4. The molecule has 4 rings (SSSR count). The number of anilines is 5. The Morgan fingerprint density at radius 3 is 2.46 bits per heavy atom. The van der Waals surface area contributed by atoms with Gasteiger partial charge in [-0.3, -0.25) is 9.48 Å². The number of rotatable bonds is 7. The number of benzene rings is 2. The van der Waals surface area contributed by atoms with E-state index in [1.165, 1.54) is 18.3 Å². The molecule has 0 radical (unpaired) electrons. The van der Waals surface area contributed by atoms with Crippen LogP contribution in [0.25, 0.3) is 11.1 Å². The Morgan fingerprint density at radius 2 is 1.80 bits per heavy atom. The first kappa shape index (κ1) is 23.8. The SMILES string of the molecule is C=CC(=O)Nc1ccc(F)c(Nc2nc(Nc3cnn(C)c3)ncc2-c2cc(F)c(Cl)c(F)c2)c1. The Hall–Kier alpha value is -4.38. The van der Waals surface area contributed by atoms with Gasteiger partial charge in [0.2, 0.25) is 11.9 Å². The fourth-order valence-corrected chi connectivity index (χ4v) is 3.20. The van der Waals surface area contributed by atoms with Gasteiger partial charge in [-0.05, 0) is 42.0 Å². The monoisotopic (exact) mass is 499 g/mol. The van der Waals surface area contributed by atoms with Gasteiger partial charge in [0.15, 0.2) is 0 Å². The molecule has 0 aliphatic heterocycles. The third-order valence-corrected chi connectivity index (χ3v) is 5.08. The average molecular weight is 500 g/mol. The van der Waals surface area contributed by atoms with Crippen LogP contribution in [0.3, 0.4) is 0 Å². The lowest BCUT2D eigenvalue weighted by Crippen LogP contribution is -2.08. The summed E-state index contributed by atoms with van der Waals surface area (Å²) in [5.74, 6) is -2.98. The fraction of sp³-hybridized carbons (Fsp3) is 0.0435. The maximum absolute atomic E-state index is 14.6. The molecule has 12 heteroatoms. The van der Waals surface area contributed by atoms with Crippen LogP contribution >= 0.6 is 11.6 Å². The third-order valence-electron chi connectivity index (χ3n) is 4.72. The lowest BCUT2D eigenvalue weighted by Gasteiger charge is -2.15. The number of nitrogens with one attached hydrogen (secondary N) is 3. The van der Waals surface area contributed by atoms with E-state index in [4.69, 9.17) is 11.6 Å². The van der Waals surface area contributed by atoms with E-state index in [-0.39, 0.29) is 34.3 Å². The Bertz CT molecular complexity index is 1420. The highest BCUT2D eigenvalue weighted by molar-refractivity contribution is 6.31. The minimum Gasteiger partial charge on any atom is -0.337 e. The van der Waals surface area contributed by atoms with Crippen LogP contribution < -0.4 is 16.0 Å². The molecule has 0 saturated carbocycles. The Kier molecular flexibility index (Phi) is 6.69. The quantitative estimate of drug-likeness (QED) is 0.227. The van der Waals surface area contributed by atoms with Gasteiger partial charge in [-0.1, -0.05) is 18.2 Å². The zero-order chi connectivity index (χ0) is 25.1. The first-order valence-electron chi connectivity index (χ1n) is 10.0. The molecule has 0 fully saturated rings. The first-order valence-corrected chi connectivity index (χ1v) is 10.4. The summed E-state index contributed by atoms with van der Waals surface area (Å²) in [5, 5.41) is 11.7. The van der Waals surface area contributed by atoms with Crippen molar-refractivity contribution in [3.8, 4) is 11.1 Å². The van der Waals surface area contributed by atoms with Crippen LogP contribution in [0.15, 0.2) is 61.6 Å². The average Bonchev–Trinajstić information content (AvgIpc) is 3.23. The Labute approximate surface area is 202 Å². The van der Waals surface area contributed by atoms with Crippen molar-refractivity contribution >= 4 is 46.3 Å². The molecule has 0 saturated heterocycles. The van der Waals surface area contributed by atoms with Gasteiger partial charge in [0.25, 0.3) is 0 Å². The lowest BCUT2D eigenvalue weighted by molar-refractivity contribution is -0.111. The molecule has 4 aromatic rings. The molecule has 8 nitrogen and oxygen atoms in total. The predicted molar refractivity (Wildman–Crippen MR) is 127 cm³/mol. The van der Waals surface area contributed by atoms with E-state index in [9.17, 15) is 18.0 Å². The number of halogens is 4. The summed E-state index contributed by atoms with van der Waals surface area (Å²) in [5.41, 5.74) is 1.03. The molecule has 0 aliphatic rings. The van der Waals surface area contributed by atoms with Crippen LogP contribution in [-0.2, 0) is 11.8 Å². The van der Waals surface area contributed by atoms with Gasteiger partial charge < -0.3 is 16.0 Å². The first-order chi connectivity index (χ1) is 16.7. The normalized spacial score (nSPS) is 10.7. The summed E-state index contributed by atoms with van der Waals surface area (Å²) in [6.45, 7) is 3.37. The van der Waals surface area contributed by atoms with E-state index >= 15 is 0 Å². The van der Waals surface area contributed by atoms with Crippen molar-refractivity contribution in [3.63, 3.8) is 0 Å². The zero-order valence-corrected chi connectivity index (χ0v) is 18.9. The van der Waals surface area contributed by atoms with Gasteiger partial charge in [0.05, 0.1) is 17.6 Å². The van der Waals surface area contributed by atoms with Crippen LogP contribution in [0.2, 0.25) is 5.02 Å². The molecule has 1 amide bonds. The van der Waals surface area contributed by atoms with Gasteiger partial charge in [-0.25, -0.2) is 18.2 Å². The van der Waals surface area contributed by atoms with Crippen molar-refractivity contribution in [1.82, 2.24) is 19.7 Å². The summed E-state index contributed by atoms with van der Waals surface area (Å²) in [6.07, 6.45) is 5.61. The molecule has 0 atom stereocenters. The Morgan fingerprint density at radius 1 is 1.06 bits per heavy atom. The summed E-state index contributed by atoms with van der Waals surface area (Å²) >= 11 is 5.61. The Balaban J connectivity index is 1.78. The van der Waals surface area contributed by atoms with Crippen LogP contribution in [0.5, 0.6) is 0 Å². The number of hydrogen-bond acceptors (Lipinski definition) is 6. The van der Waals surface area contributed by atoms with Crippen molar-refractivity contribution in [3.05, 3.63) is 84.1 Å². The van der Waals surface area contributed by atoms with E-state index < -0.39 is 28.4 Å². The standard InChI is InChI=1S/C23H17ClF3N7O/c1-3-20(35)30-13-4-5-16(25)19(8-13)32-22-15(12-6-17(26)21(24)18(27)7-12)10-28-23(33-22)31-14-9-29-34(2)11-14/h3-11H,1H2,2H3,(H,30,35)(H2,28,31,32,33). The molecule has 0 unspecified atom stereocenters. The second kappa shape index (κ2) is 9.85. The van der Waals surface area contributed by atoms with Gasteiger partial charge in [0.1, 0.15) is 28.3 Å². The molecule has 2 aromatic heterocycles. The summed E-state index contributed by atoms with van der Waals surface area (Å²) < 4.78 is 44.5. The minimum atomic E-state index is -0.981. The molecule has 0 bridgehead atoms. The van der Waals surface area contributed by atoms with Crippen LogP contribution in [0.4, 0.5) is 42.0 Å². The molecule has 35 heavy (non-hydrogen) atoms. The van der Waals surface area contributed by atoms with Crippen molar-refractivity contribution in [2.75, 3.05) is 16.0 Å². The van der Waals surface area contributed by atoms with Crippen LogP contribution in [-0.4, -0.2) is 25.7 Å². The van der Waals surface area contributed by atoms with Crippen molar-refractivity contribution in [2.45, 2.75) is 0 Å². The largest absolute Gasteiger partial charge is 0.337 e. The van der Waals surface area contributed by atoms with E-state index in [0.29, 0.717) is 5.69 Å². The lowest BCUT2D eigenvalue weighted by atomic mass is 10.1.